The Labute approximate surface area is 259 Å². The maximum absolute atomic E-state index is 15.9. The van der Waals surface area contributed by atoms with Crippen molar-refractivity contribution in [2.75, 3.05) is 27.3 Å². The topological polar surface area (TPSA) is 168 Å². The fraction of sp³-hybridized carbons (Fsp3) is 0.241. The summed E-state index contributed by atoms with van der Waals surface area (Å²) in [6.07, 6.45) is 1.95. The molecule has 1 aliphatic carbocycles. The number of carbonyl (C=O) groups is 4. The molecule has 2 amide bonds. The number of rotatable bonds is 12. The Bertz CT molecular complexity index is 1650. The second-order valence-electron chi connectivity index (χ2n) is 9.82. The van der Waals surface area contributed by atoms with Gasteiger partial charge >= 0.3 is 12.2 Å². The number of fused-ring (bicyclic) bond motifs is 3. The Morgan fingerprint density at radius 2 is 1.18 bits per heavy atom. The molecule has 2 heterocycles. The first-order valence-corrected chi connectivity index (χ1v) is 15.6. The average Bonchev–Trinajstić information content (AvgIpc) is 3.74. The quantitative estimate of drug-likeness (QED) is 0.167. The Morgan fingerprint density at radius 3 is 1.58 bits per heavy atom. The number of benzene rings is 2. The van der Waals surface area contributed by atoms with Crippen LogP contribution in [-0.2, 0) is 25.0 Å². The molecule has 2 unspecified atom stereocenters. The first kappa shape index (κ1) is 31.9. The fourth-order valence-electron chi connectivity index (χ4n) is 4.71. The van der Waals surface area contributed by atoms with Crippen molar-refractivity contribution in [3.8, 4) is 33.6 Å². The number of carbonyl (C=O) groups excluding carboxylic acids is 4. The summed E-state index contributed by atoms with van der Waals surface area (Å²) in [4.78, 5) is 61.3. The molecule has 16 heteroatoms. The molecule has 0 aliphatic heterocycles. The summed E-state index contributed by atoms with van der Waals surface area (Å²) < 4.78 is 40.7. The number of aromatic amines is 2. The van der Waals surface area contributed by atoms with Crippen LogP contribution in [0.15, 0.2) is 48.8 Å². The third-order valence-electron chi connectivity index (χ3n) is 6.91. The van der Waals surface area contributed by atoms with Gasteiger partial charge in [0.1, 0.15) is 11.1 Å². The van der Waals surface area contributed by atoms with E-state index in [0.29, 0.717) is 44.8 Å². The molecular formula is C29H28F2N6O6P2. The minimum Gasteiger partial charge on any atom is -0.453 e. The average molecular weight is 657 g/mol. The number of amides is 2. The molecule has 4 N–H and O–H groups in total. The van der Waals surface area contributed by atoms with Gasteiger partial charge in [-0.05, 0) is 23.3 Å². The van der Waals surface area contributed by atoms with Crippen LogP contribution in [0, 0.1) is 0 Å². The molecule has 0 saturated carbocycles. The monoisotopic (exact) mass is 656 g/mol. The van der Waals surface area contributed by atoms with Crippen LogP contribution in [-0.4, -0.2) is 70.5 Å². The zero-order chi connectivity index (χ0) is 32.1. The van der Waals surface area contributed by atoms with Gasteiger partial charge in [-0.2, -0.15) is 8.78 Å². The van der Waals surface area contributed by atoms with Crippen molar-refractivity contribution in [2.24, 2.45) is 0 Å². The lowest BCUT2D eigenvalue weighted by molar-refractivity contribution is -0.111. The molecule has 2 aromatic heterocycles. The predicted molar refractivity (Wildman–Crippen MR) is 166 cm³/mol. The zero-order valence-corrected chi connectivity index (χ0v) is 26.0. The van der Waals surface area contributed by atoms with Crippen LogP contribution in [0.3, 0.4) is 0 Å². The van der Waals surface area contributed by atoms with Crippen LogP contribution in [0.25, 0.3) is 33.6 Å². The van der Waals surface area contributed by atoms with E-state index in [1.54, 1.807) is 24.3 Å². The summed E-state index contributed by atoms with van der Waals surface area (Å²) in [6.45, 7) is 0.265. The van der Waals surface area contributed by atoms with Crippen LogP contribution in [0.2, 0.25) is 0 Å². The van der Waals surface area contributed by atoms with Crippen molar-refractivity contribution >= 4 is 51.5 Å². The van der Waals surface area contributed by atoms with Gasteiger partial charge in [0, 0.05) is 65.3 Å². The Balaban J connectivity index is 1.27. The molecule has 234 valence electrons. The van der Waals surface area contributed by atoms with E-state index in [2.05, 4.69) is 40.0 Å². The predicted octanol–water partition coefficient (Wildman–Crippen LogP) is 3.74. The fourth-order valence-corrected chi connectivity index (χ4v) is 6.39. The molecule has 0 radical (unpaired) electrons. The molecule has 2 atom stereocenters. The third-order valence-corrected chi connectivity index (χ3v) is 8.95. The van der Waals surface area contributed by atoms with Crippen LogP contribution >= 0.6 is 17.2 Å². The summed E-state index contributed by atoms with van der Waals surface area (Å²) in [5, 5.41) is 4.88. The van der Waals surface area contributed by atoms with E-state index in [1.807, 2.05) is 0 Å². The molecule has 12 nitrogen and oxygen atoms in total. The lowest BCUT2D eigenvalue weighted by Crippen LogP contribution is -2.25. The maximum atomic E-state index is 15.9. The van der Waals surface area contributed by atoms with Gasteiger partial charge < -0.3 is 30.1 Å². The molecule has 45 heavy (non-hydrogen) atoms. The van der Waals surface area contributed by atoms with Gasteiger partial charge in [0.2, 0.25) is 0 Å². The molecular weight excluding hydrogens is 628 g/mol. The lowest BCUT2D eigenvalue weighted by Gasteiger charge is -2.13. The summed E-state index contributed by atoms with van der Waals surface area (Å²) in [7, 11) is 1.88. The summed E-state index contributed by atoms with van der Waals surface area (Å²) >= 11 is 0. The van der Waals surface area contributed by atoms with Crippen LogP contribution in [0.5, 0.6) is 0 Å². The van der Waals surface area contributed by atoms with Gasteiger partial charge in [0.15, 0.2) is 11.0 Å². The number of nitrogens with one attached hydrogen (secondary N) is 4. The number of ether oxygens (including phenoxy) is 2. The SMILES string of the molecule is COC(=O)NCCC(=O)Pc1ncc(-c2ccc3c(c2)C(F)(F)c2cc(-c4cnc(PC(=O)CCNC(=O)OC)[nH]4)ccc2-3)[nH]1. The summed E-state index contributed by atoms with van der Waals surface area (Å²) in [6, 6.07) is 9.58. The number of alkyl halides is 2. The minimum atomic E-state index is -3.28. The Hall–Kier alpha value is -4.54. The number of hydrogen-bond acceptors (Lipinski definition) is 8. The molecule has 2 aromatic carbocycles. The molecule has 0 fully saturated rings. The number of hydrogen-bond donors (Lipinski definition) is 4. The van der Waals surface area contributed by atoms with Gasteiger partial charge in [0.25, 0.3) is 5.92 Å². The van der Waals surface area contributed by atoms with E-state index in [9.17, 15) is 19.2 Å². The van der Waals surface area contributed by atoms with E-state index >= 15 is 8.78 Å². The highest BCUT2D eigenvalue weighted by Gasteiger charge is 2.44. The van der Waals surface area contributed by atoms with Gasteiger partial charge in [-0.15, -0.1) is 0 Å². The molecule has 0 bridgehead atoms. The smallest absolute Gasteiger partial charge is 0.406 e. The number of imidazole rings is 2. The number of halogens is 2. The summed E-state index contributed by atoms with van der Waals surface area (Å²) in [5.74, 6) is -3.28. The van der Waals surface area contributed by atoms with Gasteiger partial charge in [0.05, 0.1) is 38.0 Å². The van der Waals surface area contributed by atoms with Crippen LogP contribution in [0.1, 0.15) is 24.0 Å². The van der Waals surface area contributed by atoms with Crippen molar-refractivity contribution in [1.29, 1.82) is 0 Å². The first-order valence-electron chi connectivity index (χ1n) is 13.6. The first-order chi connectivity index (χ1) is 21.6. The third kappa shape index (κ3) is 7.24. The standard InChI is InChI=1S/C29H28F2N6O6P2/c1-42-27(40)32-9-7-23(38)44-25-34-13-21(36-25)15-3-5-17-18-6-4-16(12-20(18)29(30,31)19(17)11-15)22-14-35-26(37-22)45-24(39)8-10-33-28(41)43-2/h3-6,11-14,44-45H,7-10H2,1-2H3,(H,32,40)(H,33,41)(H,34,36)(H,35,37). The van der Waals surface area contributed by atoms with Crippen molar-refractivity contribution in [3.05, 3.63) is 59.9 Å². The maximum Gasteiger partial charge on any atom is 0.406 e. The Morgan fingerprint density at radius 1 is 0.756 bits per heavy atom. The number of methoxy groups -OCH3 is 2. The van der Waals surface area contributed by atoms with E-state index in [1.165, 1.54) is 38.7 Å². The van der Waals surface area contributed by atoms with E-state index < -0.39 is 18.1 Å². The van der Waals surface area contributed by atoms with E-state index in [4.69, 9.17) is 0 Å². The zero-order valence-electron chi connectivity index (χ0n) is 24.0. The molecule has 1 aliphatic rings. The highest BCUT2D eigenvalue weighted by atomic mass is 31.1. The van der Waals surface area contributed by atoms with Crippen molar-refractivity contribution < 1.29 is 37.4 Å². The van der Waals surface area contributed by atoms with Gasteiger partial charge in [-0.25, -0.2) is 19.6 Å². The van der Waals surface area contributed by atoms with E-state index in [0.717, 1.165) is 0 Å². The molecule has 0 spiro atoms. The minimum absolute atomic E-state index is 0.101. The second kappa shape index (κ2) is 13.6. The van der Waals surface area contributed by atoms with Gasteiger partial charge in [-0.1, -0.05) is 24.3 Å². The summed E-state index contributed by atoms with van der Waals surface area (Å²) in [5.41, 5.74) is 3.07. The highest BCUT2D eigenvalue weighted by molar-refractivity contribution is 7.65. The number of H-pyrrole nitrogens is 2. The lowest BCUT2D eigenvalue weighted by atomic mass is 10.0. The van der Waals surface area contributed by atoms with Crippen molar-refractivity contribution in [2.45, 2.75) is 18.8 Å². The van der Waals surface area contributed by atoms with E-state index in [-0.39, 0.29) is 65.3 Å². The normalized spacial score (nSPS) is 13.2. The van der Waals surface area contributed by atoms with Crippen LogP contribution < -0.4 is 21.8 Å². The highest BCUT2D eigenvalue weighted by Crippen LogP contribution is 2.52. The molecule has 0 saturated heterocycles. The number of alkyl carbamates (subject to hydrolysis) is 2. The largest absolute Gasteiger partial charge is 0.453 e. The molecule has 5 rings (SSSR count). The van der Waals surface area contributed by atoms with Crippen molar-refractivity contribution in [1.82, 2.24) is 30.6 Å². The Kier molecular flexibility index (Phi) is 9.65. The number of nitrogens with zero attached hydrogens (tertiary/aromatic N) is 2. The van der Waals surface area contributed by atoms with Gasteiger partial charge in [-0.3, -0.25) is 9.59 Å². The number of aromatic nitrogens is 4. The van der Waals surface area contributed by atoms with Crippen molar-refractivity contribution in [3.63, 3.8) is 0 Å². The molecule has 4 aromatic rings. The second-order valence-corrected chi connectivity index (χ2v) is 12.4. The van der Waals surface area contributed by atoms with Crippen LogP contribution in [0.4, 0.5) is 18.4 Å².